The molecule has 9 heteroatoms. The van der Waals surface area contributed by atoms with Crippen LogP contribution in [-0.4, -0.2) is 51.4 Å². The van der Waals surface area contributed by atoms with Crippen molar-refractivity contribution in [1.82, 2.24) is 10.6 Å². The molecule has 0 aliphatic rings. The van der Waals surface area contributed by atoms with E-state index in [0.717, 1.165) is 5.56 Å². The van der Waals surface area contributed by atoms with Crippen molar-refractivity contribution in [2.45, 2.75) is 26.7 Å². The van der Waals surface area contributed by atoms with Crippen LogP contribution in [0.25, 0.3) is 0 Å². The van der Waals surface area contributed by atoms with Crippen molar-refractivity contribution >= 4 is 18.0 Å². The SMILES string of the molecule is CCOC(=O)Oc1ccc(C(=O)NCCNC(=O)CCc2ccc(OCC)c(OC)c2)cc1. The lowest BCUT2D eigenvalue weighted by atomic mass is 10.1. The lowest BCUT2D eigenvalue weighted by Crippen LogP contribution is -2.34. The van der Waals surface area contributed by atoms with E-state index in [1.165, 1.54) is 24.3 Å². The number of aryl methyl sites for hydroxylation is 1. The second kappa shape index (κ2) is 13.6. The first kappa shape index (κ1) is 25.5. The summed E-state index contributed by atoms with van der Waals surface area (Å²) in [6.07, 6.45) is 0.0703. The average Bonchev–Trinajstić information content (AvgIpc) is 2.81. The van der Waals surface area contributed by atoms with Crippen molar-refractivity contribution in [3.8, 4) is 17.2 Å². The summed E-state index contributed by atoms with van der Waals surface area (Å²) in [7, 11) is 1.58. The molecule has 0 spiro atoms. The third-order valence-corrected chi connectivity index (χ3v) is 4.48. The van der Waals surface area contributed by atoms with E-state index in [4.69, 9.17) is 14.2 Å². The van der Waals surface area contributed by atoms with Crippen LogP contribution in [0.2, 0.25) is 0 Å². The number of hydrogen-bond acceptors (Lipinski definition) is 7. The zero-order valence-electron chi connectivity index (χ0n) is 19.1. The maximum Gasteiger partial charge on any atom is 0.513 e. The molecule has 33 heavy (non-hydrogen) atoms. The monoisotopic (exact) mass is 458 g/mol. The smallest absolute Gasteiger partial charge is 0.493 e. The van der Waals surface area contributed by atoms with E-state index < -0.39 is 6.16 Å². The van der Waals surface area contributed by atoms with Crippen LogP contribution in [0.4, 0.5) is 4.79 Å². The number of nitrogens with one attached hydrogen (secondary N) is 2. The average molecular weight is 459 g/mol. The lowest BCUT2D eigenvalue weighted by Gasteiger charge is -2.11. The molecule has 0 saturated heterocycles. The van der Waals surface area contributed by atoms with Gasteiger partial charge in [-0.1, -0.05) is 6.07 Å². The highest BCUT2D eigenvalue weighted by molar-refractivity contribution is 5.94. The van der Waals surface area contributed by atoms with E-state index in [1.807, 2.05) is 25.1 Å². The molecule has 0 saturated carbocycles. The molecule has 0 atom stereocenters. The van der Waals surface area contributed by atoms with Gasteiger partial charge in [-0.25, -0.2) is 4.79 Å². The van der Waals surface area contributed by atoms with E-state index >= 15 is 0 Å². The van der Waals surface area contributed by atoms with Crippen LogP contribution in [0.3, 0.4) is 0 Å². The summed E-state index contributed by atoms with van der Waals surface area (Å²) in [6, 6.07) is 11.7. The van der Waals surface area contributed by atoms with Gasteiger partial charge in [-0.3, -0.25) is 9.59 Å². The Morgan fingerprint density at radius 1 is 0.879 bits per heavy atom. The molecule has 2 aromatic carbocycles. The number of amides is 2. The predicted octanol–water partition coefficient (Wildman–Crippen LogP) is 3.11. The highest BCUT2D eigenvalue weighted by atomic mass is 16.7. The Bertz CT molecular complexity index is 929. The quantitative estimate of drug-likeness (QED) is 0.285. The third-order valence-electron chi connectivity index (χ3n) is 4.48. The van der Waals surface area contributed by atoms with E-state index in [-0.39, 0.29) is 30.7 Å². The van der Waals surface area contributed by atoms with Gasteiger partial charge in [0.25, 0.3) is 5.91 Å². The fraction of sp³-hybridized carbons (Fsp3) is 0.375. The minimum absolute atomic E-state index is 0.113. The van der Waals surface area contributed by atoms with Crippen LogP contribution >= 0.6 is 0 Å². The van der Waals surface area contributed by atoms with Gasteiger partial charge in [0, 0.05) is 25.1 Å². The molecule has 0 aromatic heterocycles. The Balaban J connectivity index is 1.69. The number of carbonyl (C=O) groups is 3. The van der Waals surface area contributed by atoms with Gasteiger partial charge >= 0.3 is 6.16 Å². The molecular weight excluding hydrogens is 428 g/mol. The van der Waals surface area contributed by atoms with Gasteiger partial charge in [-0.2, -0.15) is 0 Å². The number of ether oxygens (including phenoxy) is 4. The topological polar surface area (TPSA) is 112 Å². The zero-order chi connectivity index (χ0) is 24.1. The van der Waals surface area contributed by atoms with Crippen molar-refractivity contribution in [3.05, 3.63) is 53.6 Å². The maximum absolute atomic E-state index is 12.2. The molecule has 178 valence electrons. The van der Waals surface area contributed by atoms with Gasteiger partial charge < -0.3 is 29.6 Å². The van der Waals surface area contributed by atoms with Crippen LogP contribution in [0, 0.1) is 0 Å². The molecule has 2 amide bonds. The molecule has 9 nitrogen and oxygen atoms in total. The second-order valence-corrected chi connectivity index (χ2v) is 6.83. The van der Waals surface area contributed by atoms with Gasteiger partial charge in [0.2, 0.25) is 5.91 Å². The fourth-order valence-electron chi connectivity index (χ4n) is 2.89. The van der Waals surface area contributed by atoms with Crippen molar-refractivity contribution in [2.24, 2.45) is 0 Å². The Morgan fingerprint density at radius 2 is 1.61 bits per heavy atom. The predicted molar refractivity (Wildman–Crippen MR) is 122 cm³/mol. The van der Waals surface area contributed by atoms with Gasteiger partial charge in [-0.15, -0.1) is 0 Å². The van der Waals surface area contributed by atoms with E-state index in [9.17, 15) is 14.4 Å². The minimum atomic E-state index is -0.799. The molecule has 0 heterocycles. The minimum Gasteiger partial charge on any atom is -0.493 e. The summed E-state index contributed by atoms with van der Waals surface area (Å²) < 4.78 is 20.4. The van der Waals surface area contributed by atoms with Gasteiger partial charge in [-0.05, 0) is 62.2 Å². The molecule has 0 aliphatic carbocycles. The Labute approximate surface area is 193 Å². The molecule has 0 bridgehead atoms. The first-order valence-corrected chi connectivity index (χ1v) is 10.8. The normalized spacial score (nSPS) is 10.2. The van der Waals surface area contributed by atoms with Crippen molar-refractivity contribution in [1.29, 1.82) is 0 Å². The first-order chi connectivity index (χ1) is 16.0. The molecule has 0 unspecified atom stereocenters. The molecule has 0 fully saturated rings. The summed E-state index contributed by atoms with van der Waals surface area (Å²) in [4.78, 5) is 35.6. The van der Waals surface area contributed by atoms with Crippen LogP contribution in [-0.2, 0) is 16.0 Å². The largest absolute Gasteiger partial charge is 0.513 e. The van der Waals surface area contributed by atoms with Crippen molar-refractivity contribution in [3.63, 3.8) is 0 Å². The molecule has 2 aromatic rings. The van der Waals surface area contributed by atoms with Crippen LogP contribution in [0.15, 0.2) is 42.5 Å². The number of carbonyl (C=O) groups excluding carboxylic acids is 3. The Kier molecular flexibility index (Phi) is 10.5. The zero-order valence-corrected chi connectivity index (χ0v) is 19.1. The summed E-state index contributed by atoms with van der Waals surface area (Å²) in [5, 5.41) is 5.51. The van der Waals surface area contributed by atoms with Crippen LogP contribution in [0.1, 0.15) is 36.2 Å². The first-order valence-electron chi connectivity index (χ1n) is 10.8. The highest BCUT2D eigenvalue weighted by Crippen LogP contribution is 2.28. The summed E-state index contributed by atoms with van der Waals surface area (Å²) in [5.41, 5.74) is 1.37. The van der Waals surface area contributed by atoms with Crippen molar-refractivity contribution in [2.75, 3.05) is 33.4 Å². The molecular formula is C24H30N2O7. The van der Waals surface area contributed by atoms with E-state index in [2.05, 4.69) is 15.4 Å². The third kappa shape index (κ3) is 8.72. The second-order valence-electron chi connectivity index (χ2n) is 6.83. The standard InChI is InChI=1S/C24H30N2O7/c1-4-31-20-12-6-17(16-21(20)30-3)7-13-22(27)25-14-15-26-23(28)18-8-10-19(11-9-18)33-24(29)32-5-2/h6,8-12,16H,4-5,7,13-15H2,1-3H3,(H,25,27)(H,26,28). The van der Waals surface area contributed by atoms with Gasteiger partial charge in [0.15, 0.2) is 11.5 Å². The summed E-state index contributed by atoms with van der Waals surface area (Å²) in [6.45, 7) is 4.93. The number of rotatable bonds is 12. The molecule has 0 aliphatic heterocycles. The number of hydrogen-bond donors (Lipinski definition) is 2. The molecule has 2 N–H and O–H groups in total. The maximum atomic E-state index is 12.2. The number of benzene rings is 2. The van der Waals surface area contributed by atoms with E-state index in [1.54, 1.807) is 14.0 Å². The van der Waals surface area contributed by atoms with Crippen LogP contribution in [0.5, 0.6) is 17.2 Å². The highest BCUT2D eigenvalue weighted by Gasteiger charge is 2.10. The molecule has 0 radical (unpaired) electrons. The fourth-order valence-corrected chi connectivity index (χ4v) is 2.89. The Hall–Kier alpha value is -3.75. The molecule has 2 rings (SSSR count). The van der Waals surface area contributed by atoms with Gasteiger partial charge in [0.05, 0.1) is 20.3 Å². The Morgan fingerprint density at radius 3 is 2.27 bits per heavy atom. The summed E-state index contributed by atoms with van der Waals surface area (Å²) in [5.74, 6) is 1.18. The lowest BCUT2D eigenvalue weighted by molar-refractivity contribution is -0.121. The summed E-state index contributed by atoms with van der Waals surface area (Å²) >= 11 is 0. The van der Waals surface area contributed by atoms with Crippen LogP contribution < -0.4 is 24.8 Å². The van der Waals surface area contributed by atoms with E-state index in [0.29, 0.717) is 43.1 Å². The van der Waals surface area contributed by atoms with Gasteiger partial charge in [0.1, 0.15) is 5.75 Å². The van der Waals surface area contributed by atoms with Crippen molar-refractivity contribution < 1.29 is 33.3 Å². The number of methoxy groups -OCH3 is 1.